The molecule has 2 atom stereocenters. The number of benzene rings is 1. The largest absolute Gasteiger partial charge is 0.324 e. The third-order valence-electron chi connectivity index (χ3n) is 3.50. The molecule has 0 saturated heterocycles. The van der Waals surface area contributed by atoms with E-state index in [1.807, 2.05) is 12.3 Å². The summed E-state index contributed by atoms with van der Waals surface area (Å²) >= 11 is 0. The summed E-state index contributed by atoms with van der Waals surface area (Å²) in [5.41, 5.74) is 8.58. The predicted octanol–water partition coefficient (Wildman–Crippen LogP) is 4.06. The van der Waals surface area contributed by atoms with E-state index in [9.17, 15) is 0 Å². The van der Waals surface area contributed by atoms with Crippen LogP contribution >= 0.6 is 0 Å². The number of nitrogens with zero attached hydrogens (tertiary/aromatic N) is 1. The van der Waals surface area contributed by atoms with Gasteiger partial charge in [-0.3, -0.25) is 4.98 Å². The van der Waals surface area contributed by atoms with Crippen molar-refractivity contribution in [2.75, 3.05) is 0 Å². The van der Waals surface area contributed by atoms with Gasteiger partial charge in [-0.05, 0) is 24.0 Å². The number of hydrogen-bond acceptors (Lipinski definition) is 2. The first-order chi connectivity index (χ1) is 8.72. The molecule has 2 nitrogen and oxygen atoms in total. The van der Waals surface area contributed by atoms with Gasteiger partial charge >= 0.3 is 0 Å². The first kappa shape index (κ1) is 13.0. The zero-order valence-electron chi connectivity index (χ0n) is 11.3. The lowest BCUT2D eigenvalue weighted by atomic mass is 9.92. The lowest BCUT2D eigenvalue weighted by Gasteiger charge is -2.18. The van der Waals surface area contributed by atoms with Gasteiger partial charge in [-0.25, -0.2) is 0 Å². The van der Waals surface area contributed by atoms with Crippen LogP contribution in [0.25, 0.3) is 10.9 Å². The van der Waals surface area contributed by atoms with E-state index >= 15 is 0 Å². The van der Waals surface area contributed by atoms with Crippen LogP contribution in [0, 0.1) is 5.92 Å². The van der Waals surface area contributed by atoms with Gasteiger partial charge in [0.15, 0.2) is 0 Å². The van der Waals surface area contributed by atoms with Crippen molar-refractivity contribution in [1.82, 2.24) is 4.98 Å². The fourth-order valence-corrected chi connectivity index (χ4v) is 2.60. The van der Waals surface area contributed by atoms with Crippen molar-refractivity contribution in [1.29, 1.82) is 0 Å². The Morgan fingerprint density at radius 1 is 1.22 bits per heavy atom. The predicted molar refractivity (Wildman–Crippen MR) is 77.4 cm³/mol. The molecule has 2 N–H and O–H groups in total. The quantitative estimate of drug-likeness (QED) is 0.858. The van der Waals surface area contributed by atoms with Crippen molar-refractivity contribution in [3.63, 3.8) is 0 Å². The number of fused-ring (bicyclic) bond motifs is 1. The van der Waals surface area contributed by atoms with Gasteiger partial charge in [-0.2, -0.15) is 0 Å². The Morgan fingerprint density at radius 3 is 2.78 bits per heavy atom. The summed E-state index contributed by atoms with van der Waals surface area (Å²) in [5.74, 6) is 0.670. The van der Waals surface area contributed by atoms with E-state index in [1.165, 1.54) is 23.8 Å². The van der Waals surface area contributed by atoms with E-state index < -0.39 is 0 Å². The third-order valence-corrected chi connectivity index (χ3v) is 3.50. The molecule has 0 bridgehead atoms. The zero-order chi connectivity index (χ0) is 13.0. The van der Waals surface area contributed by atoms with Gasteiger partial charge in [-0.1, -0.05) is 51.0 Å². The first-order valence-electron chi connectivity index (χ1n) is 6.81. The van der Waals surface area contributed by atoms with Crippen molar-refractivity contribution < 1.29 is 0 Å². The maximum Gasteiger partial charge on any atom is 0.0749 e. The number of pyridine rings is 1. The fraction of sp³-hybridized carbons (Fsp3) is 0.438. The average molecular weight is 242 g/mol. The Morgan fingerprint density at radius 2 is 2.00 bits per heavy atom. The van der Waals surface area contributed by atoms with Crippen LogP contribution < -0.4 is 5.73 Å². The Kier molecular flexibility index (Phi) is 4.32. The van der Waals surface area contributed by atoms with Gasteiger partial charge in [0, 0.05) is 17.6 Å². The molecule has 2 rings (SSSR count). The second-order valence-electron chi connectivity index (χ2n) is 5.16. The molecule has 0 spiro atoms. The van der Waals surface area contributed by atoms with E-state index in [4.69, 9.17) is 5.73 Å². The molecule has 0 aliphatic heterocycles. The zero-order valence-corrected chi connectivity index (χ0v) is 11.3. The maximum atomic E-state index is 6.35. The highest BCUT2D eigenvalue weighted by Crippen LogP contribution is 2.26. The van der Waals surface area contributed by atoms with Crippen molar-refractivity contribution in [3.05, 3.63) is 42.1 Å². The second kappa shape index (κ2) is 5.96. The van der Waals surface area contributed by atoms with Crippen LogP contribution in [0.15, 0.2) is 36.5 Å². The monoisotopic (exact) mass is 242 g/mol. The molecule has 18 heavy (non-hydrogen) atoms. The number of rotatable bonds is 5. The molecule has 1 heterocycles. The van der Waals surface area contributed by atoms with E-state index in [0.29, 0.717) is 5.92 Å². The van der Waals surface area contributed by atoms with E-state index in [1.54, 1.807) is 0 Å². The first-order valence-corrected chi connectivity index (χ1v) is 6.81. The molecular formula is C16H22N2. The van der Waals surface area contributed by atoms with Crippen LogP contribution in [0.2, 0.25) is 0 Å². The van der Waals surface area contributed by atoms with Crippen molar-refractivity contribution >= 4 is 10.9 Å². The Balaban J connectivity index is 2.24. The molecular weight excluding hydrogens is 220 g/mol. The van der Waals surface area contributed by atoms with Crippen molar-refractivity contribution in [2.24, 2.45) is 11.7 Å². The minimum absolute atomic E-state index is 0.0881. The molecule has 1 aromatic heterocycles. The molecule has 2 unspecified atom stereocenters. The number of aromatic nitrogens is 1. The summed E-state index contributed by atoms with van der Waals surface area (Å²) in [7, 11) is 0. The molecule has 0 saturated carbocycles. The summed E-state index contributed by atoms with van der Waals surface area (Å²) in [5, 5.41) is 1.17. The number of hydrogen-bond donors (Lipinski definition) is 1. The van der Waals surface area contributed by atoms with Gasteiger partial charge in [0.05, 0.1) is 5.52 Å². The number of nitrogens with two attached hydrogens (primary N) is 1. The Hall–Kier alpha value is -1.41. The molecule has 0 radical (unpaired) electrons. The summed E-state index contributed by atoms with van der Waals surface area (Å²) in [6.45, 7) is 4.50. The van der Waals surface area contributed by atoms with Gasteiger partial charge in [0.2, 0.25) is 0 Å². The molecule has 2 aromatic rings. The lowest BCUT2D eigenvalue weighted by Crippen LogP contribution is -2.14. The average Bonchev–Trinajstić information content (AvgIpc) is 2.38. The summed E-state index contributed by atoms with van der Waals surface area (Å²) < 4.78 is 0. The molecule has 1 aromatic carbocycles. The Labute approximate surface area is 109 Å². The summed E-state index contributed by atoms with van der Waals surface area (Å²) in [6, 6.07) is 10.4. The van der Waals surface area contributed by atoms with Crippen LogP contribution in [0.5, 0.6) is 0 Å². The van der Waals surface area contributed by atoms with Gasteiger partial charge < -0.3 is 5.73 Å². The van der Waals surface area contributed by atoms with Crippen LogP contribution in [0.1, 0.15) is 44.7 Å². The molecule has 0 fully saturated rings. The van der Waals surface area contributed by atoms with E-state index in [-0.39, 0.29) is 6.04 Å². The highest BCUT2D eigenvalue weighted by atomic mass is 14.7. The summed E-state index contributed by atoms with van der Waals surface area (Å²) in [4.78, 5) is 4.48. The highest BCUT2D eigenvalue weighted by Gasteiger charge is 2.13. The third kappa shape index (κ3) is 2.88. The standard InChI is InChI=1S/C16H22N2/c1-3-6-12(2)11-15(17)14-9-4-7-13-8-5-10-18-16(13)14/h4-5,7-10,12,15H,3,6,11,17H2,1-2H3. The molecule has 0 aliphatic rings. The van der Waals surface area contributed by atoms with Crippen LogP contribution in [0.3, 0.4) is 0 Å². The van der Waals surface area contributed by atoms with Crippen molar-refractivity contribution in [2.45, 2.75) is 39.2 Å². The van der Waals surface area contributed by atoms with Crippen LogP contribution in [-0.2, 0) is 0 Å². The maximum absolute atomic E-state index is 6.35. The fourth-order valence-electron chi connectivity index (χ4n) is 2.60. The van der Waals surface area contributed by atoms with E-state index in [2.05, 4.69) is 43.1 Å². The van der Waals surface area contributed by atoms with Gasteiger partial charge in [0.1, 0.15) is 0 Å². The molecule has 96 valence electrons. The lowest BCUT2D eigenvalue weighted by molar-refractivity contribution is 0.441. The minimum atomic E-state index is 0.0881. The summed E-state index contributed by atoms with van der Waals surface area (Å²) in [6.07, 6.45) is 5.34. The highest BCUT2D eigenvalue weighted by molar-refractivity contribution is 5.81. The number of para-hydroxylation sites is 1. The second-order valence-corrected chi connectivity index (χ2v) is 5.16. The molecule has 2 heteroatoms. The Bertz CT molecular complexity index is 502. The smallest absolute Gasteiger partial charge is 0.0749 e. The van der Waals surface area contributed by atoms with Crippen LogP contribution in [0.4, 0.5) is 0 Å². The molecule has 0 aliphatic carbocycles. The SMILES string of the molecule is CCCC(C)CC(N)c1cccc2cccnc12. The normalized spacial score (nSPS) is 14.6. The van der Waals surface area contributed by atoms with Gasteiger partial charge in [-0.15, -0.1) is 0 Å². The molecule has 0 amide bonds. The van der Waals surface area contributed by atoms with Crippen molar-refractivity contribution in [3.8, 4) is 0 Å². The van der Waals surface area contributed by atoms with Crippen LogP contribution in [-0.4, -0.2) is 4.98 Å². The van der Waals surface area contributed by atoms with Gasteiger partial charge in [0.25, 0.3) is 0 Å². The topological polar surface area (TPSA) is 38.9 Å². The minimum Gasteiger partial charge on any atom is -0.324 e. The van der Waals surface area contributed by atoms with E-state index in [0.717, 1.165) is 11.9 Å².